The molecule has 0 unspecified atom stereocenters. The average molecular weight is 408 g/mol. The zero-order chi connectivity index (χ0) is 21.6. The van der Waals surface area contributed by atoms with Crippen LogP contribution in [-0.4, -0.2) is 22.6 Å². The van der Waals surface area contributed by atoms with Gasteiger partial charge in [-0.1, -0.05) is 51.1 Å². The summed E-state index contributed by atoms with van der Waals surface area (Å²) in [7, 11) is 1.73. The van der Waals surface area contributed by atoms with Crippen molar-refractivity contribution in [1.29, 1.82) is 0 Å². The fourth-order valence-electron chi connectivity index (χ4n) is 2.85. The van der Waals surface area contributed by atoms with Crippen molar-refractivity contribution in [1.82, 2.24) is 20.2 Å². The first-order valence-corrected chi connectivity index (χ1v) is 9.98. The zero-order valence-corrected chi connectivity index (χ0v) is 18.0. The molecule has 30 heavy (non-hydrogen) atoms. The molecule has 0 fully saturated rings. The Labute approximate surface area is 176 Å². The van der Waals surface area contributed by atoms with Crippen molar-refractivity contribution in [2.24, 2.45) is 4.99 Å². The molecule has 0 aliphatic heterocycles. The molecule has 2 aromatic heterocycles. The lowest BCUT2D eigenvalue weighted by Crippen LogP contribution is -2.36. The maximum atomic E-state index is 11.8. The number of guanidine groups is 1. The van der Waals surface area contributed by atoms with Crippen molar-refractivity contribution >= 4 is 5.96 Å². The van der Waals surface area contributed by atoms with Crippen LogP contribution in [0.5, 0.6) is 0 Å². The maximum absolute atomic E-state index is 11.8. The predicted octanol–water partition coefficient (Wildman–Crippen LogP) is 3.05. The van der Waals surface area contributed by atoms with Crippen LogP contribution in [0.1, 0.15) is 43.5 Å². The lowest BCUT2D eigenvalue weighted by molar-refractivity contribution is 0.379. The first-order valence-electron chi connectivity index (χ1n) is 9.98. The number of oxazole rings is 1. The molecule has 7 nitrogen and oxygen atoms in total. The van der Waals surface area contributed by atoms with E-state index < -0.39 is 0 Å². The first kappa shape index (κ1) is 21.4. The lowest BCUT2D eigenvalue weighted by atomic mass is 9.94. The highest BCUT2D eigenvalue weighted by molar-refractivity contribution is 5.79. The SMILES string of the molecule is CN=C(NCc1ccc(Cn2ccccc2=O)cc1)NCc1ncc(C(C)(C)C)o1. The Hall–Kier alpha value is -3.35. The third-order valence-electron chi connectivity index (χ3n) is 4.66. The van der Waals surface area contributed by atoms with E-state index in [1.165, 1.54) is 0 Å². The van der Waals surface area contributed by atoms with Crippen LogP contribution in [0, 0.1) is 0 Å². The quantitative estimate of drug-likeness (QED) is 0.485. The molecule has 2 heterocycles. The van der Waals surface area contributed by atoms with E-state index in [1.54, 1.807) is 36.1 Å². The van der Waals surface area contributed by atoms with E-state index in [-0.39, 0.29) is 11.0 Å². The normalized spacial score (nSPS) is 12.1. The second kappa shape index (κ2) is 9.43. The van der Waals surface area contributed by atoms with Crippen LogP contribution in [0.3, 0.4) is 0 Å². The standard InChI is InChI=1S/C23H29N5O2/c1-23(2,3)19-14-25-20(30-19)15-27-22(24-4)26-13-17-8-10-18(11-9-17)16-28-12-6-5-7-21(28)29/h5-12,14H,13,15-16H2,1-4H3,(H2,24,26,27). The minimum Gasteiger partial charge on any atom is -0.443 e. The van der Waals surface area contributed by atoms with Gasteiger partial charge in [0, 0.05) is 31.3 Å². The van der Waals surface area contributed by atoms with Crippen molar-refractivity contribution in [3.05, 3.63) is 88.0 Å². The number of pyridine rings is 1. The van der Waals surface area contributed by atoms with E-state index in [2.05, 4.69) is 41.4 Å². The second-order valence-corrected chi connectivity index (χ2v) is 8.13. The summed E-state index contributed by atoms with van der Waals surface area (Å²) >= 11 is 0. The summed E-state index contributed by atoms with van der Waals surface area (Å²) in [6, 6.07) is 13.3. The largest absolute Gasteiger partial charge is 0.443 e. The maximum Gasteiger partial charge on any atom is 0.250 e. The van der Waals surface area contributed by atoms with Crippen LogP contribution in [0.15, 0.2) is 69.1 Å². The van der Waals surface area contributed by atoms with Gasteiger partial charge in [-0.05, 0) is 17.2 Å². The molecule has 158 valence electrons. The lowest BCUT2D eigenvalue weighted by Gasteiger charge is -2.13. The summed E-state index contributed by atoms with van der Waals surface area (Å²) in [6.45, 7) is 7.92. The third-order valence-corrected chi connectivity index (χ3v) is 4.66. The summed E-state index contributed by atoms with van der Waals surface area (Å²) in [5.41, 5.74) is 2.13. The smallest absolute Gasteiger partial charge is 0.250 e. The molecule has 2 N–H and O–H groups in total. The molecule has 0 radical (unpaired) electrons. The molecular formula is C23H29N5O2. The topological polar surface area (TPSA) is 84.5 Å². The van der Waals surface area contributed by atoms with Crippen molar-refractivity contribution in [3.63, 3.8) is 0 Å². The molecule has 0 saturated carbocycles. The molecular weight excluding hydrogens is 378 g/mol. The number of nitrogens with one attached hydrogen (secondary N) is 2. The van der Waals surface area contributed by atoms with Gasteiger partial charge in [-0.15, -0.1) is 0 Å². The van der Waals surface area contributed by atoms with Gasteiger partial charge in [-0.2, -0.15) is 0 Å². The summed E-state index contributed by atoms with van der Waals surface area (Å²) in [4.78, 5) is 20.4. The predicted molar refractivity (Wildman–Crippen MR) is 118 cm³/mol. The van der Waals surface area contributed by atoms with Crippen molar-refractivity contribution < 1.29 is 4.42 Å². The number of rotatable bonds is 6. The van der Waals surface area contributed by atoms with Crippen LogP contribution in [-0.2, 0) is 25.0 Å². The molecule has 7 heteroatoms. The fourth-order valence-corrected chi connectivity index (χ4v) is 2.85. The zero-order valence-electron chi connectivity index (χ0n) is 18.0. The average Bonchev–Trinajstić information content (AvgIpc) is 3.21. The Morgan fingerprint density at radius 1 is 1.07 bits per heavy atom. The van der Waals surface area contributed by atoms with E-state index in [1.807, 2.05) is 30.3 Å². The molecule has 0 aliphatic rings. The fraction of sp³-hybridized carbons (Fsp3) is 0.348. The van der Waals surface area contributed by atoms with Crippen molar-refractivity contribution in [2.45, 2.75) is 45.8 Å². The van der Waals surface area contributed by atoms with Gasteiger partial charge in [-0.3, -0.25) is 9.79 Å². The van der Waals surface area contributed by atoms with Gasteiger partial charge in [0.25, 0.3) is 5.56 Å². The summed E-state index contributed by atoms with van der Waals surface area (Å²) < 4.78 is 7.48. The number of nitrogens with zero attached hydrogens (tertiary/aromatic N) is 3. The van der Waals surface area contributed by atoms with Gasteiger partial charge in [0.15, 0.2) is 5.96 Å². The molecule has 0 aliphatic carbocycles. The Bertz CT molecular complexity index is 1040. The number of hydrogen-bond donors (Lipinski definition) is 2. The van der Waals surface area contributed by atoms with Gasteiger partial charge in [-0.25, -0.2) is 4.98 Å². The molecule has 0 atom stereocenters. The number of benzene rings is 1. The van der Waals surface area contributed by atoms with Crippen LogP contribution in [0.25, 0.3) is 0 Å². The Morgan fingerprint density at radius 2 is 1.77 bits per heavy atom. The Morgan fingerprint density at radius 3 is 2.40 bits per heavy atom. The molecule has 0 spiro atoms. The van der Waals surface area contributed by atoms with Crippen LogP contribution in [0.2, 0.25) is 0 Å². The van der Waals surface area contributed by atoms with Crippen LogP contribution in [0.4, 0.5) is 0 Å². The van der Waals surface area contributed by atoms with Gasteiger partial charge in [0.1, 0.15) is 5.76 Å². The Kier molecular flexibility index (Phi) is 6.72. The van der Waals surface area contributed by atoms with Gasteiger partial charge in [0.2, 0.25) is 5.89 Å². The molecule has 0 saturated heterocycles. The molecule has 0 amide bonds. The molecule has 1 aromatic carbocycles. The molecule has 3 aromatic rings. The minimum atomic E-state index is -0.0639. The highest BCUT2D eigenvalue weighted by Crippen LogP contribution is 2.22. The van der Waals surface area contributed by atoms with Gasteiger partial charge in [0.05, 0.1) is 19.3 Å². The van der Waals surface area contributed by atoms with Crippen molar-refractivity contribution in [3.8, 4) is 0 Å². The minimum absolute atomic E-state index is 0.00113. The number of aliphatic imine (C=N–C) groups is 1. The van der Waals surface area contributed by atoms with Crippen LogP contribution < -0.4 is 16.2 Å². The highest BCUT2D eigenvalue weighted by atomic mass is 16.4. The van der Waals surface area contributed by atoms with E-state index in [0.29, 0.717) is 31.5 Å². The number of aromatic nitrogens is 2. The van der Waals surface area contributed by atoms with E-state index in [0.717, 1.165) is 16.9 Å². The highest BCUT2D eigenvalue weighted by Gasteiger charge is 2.19. The van der Waals surface area contributed by atoms with Crippen molar-refractivity contribution in [2.75, 3.05) is 7.05 Å². The summed E-state index contributed by atoms with van der Waals surface area (Å²) in [6.07, 6.45) is 3.57. The number of hydrogen-bond acceptors (Lipinski definition) is 4. The Balaban J connectivity index is 1.50. The second-order valence-electron chi connectivity index (χ2n) is 8.13. The van der Waals surface area contributed by atoms with Crippen LogP contribution >= 0.6 is 0 Å². The van der Waals surface area contributed by atoms with Gasteiger partial charge >= 0.3 is 0 Å². The molecule has 0 bridgehead atoms. The molecule has 3 rings (SSSR count). The van der Waals surface area contributed by atoms with E-state index in [4.69, 9.17) is 4.42 Å². The van der Waals surface area contributed by atoms with Gasteiger partial charge < -0.3 is 19.6 Å². The summed E-state index contributed by atoms with van der Waals surface area (Å²) in [5.74, 6) is 2.16. The van der Waals surface area contributed by atoms with E-state index >= 15 is 0 Å². The third kappa shape index (κ3) is 5.83. The first-order chi connectivity index (χ1) is 14.3. The summed E-state index contributed by atoms with van der Waals surface area (Å²) in [5, 5.41) is 6.50. The monoisotopic (exact) mass is 407 g/mol. The van der Waals surface area contributed by atoms with E-state index in [9.17, 15) is 4.79 Å².